The number of aromatic nitrogens is 5. The van der Waals surface area contributed by atoms with E-state index in [-0.39, 0.29) is 19.0 Å². The Hall–Kier alpha value is -4.28. The number of rotatable bonds is 6. The molecule has 3 aromatic heterocycles. The van der Waals surface area contributed by atoms with Gasteiger partial charge in [0.15, 0.2) is 5.82 Å². The van der Waals surface area contributed by atoms with Crippen LogP contribution in [0.1, 0.15) is 24.1 Å². The molecule has 0 radical (unpaired) electrons. The molecule has 1 aliphatic rings. The number of likely N-dealkylation sites (N-methyl/N-ethyl adjacent to an activating group) is 1. The summed E-state index contributed by atoms with van der Waals surface area (Å²) in [5, 5.41) is 25.0. The molecule has 38 heavy (non-hydrogen) atoms. The van der Waals surface area contributed by atoms with Gasteiger partial charge in [-0.25, -0.2) is 9.50 Å². The largest absolute Gasteiger partial charge is 0.382 e. The fourth-order valence-corrected chi connectivity index (χ4v) is 5.43. The zero-order valence-corrected chi connectivity index (χ0v) is 21.2. The maximum Gasteiger partial charge on any atom is 0.236 e. The Kier molecular flexibility index (Phi) is 6.05. The van der Waals surface area contributed by atoms with Crippen LogP contribution < -0.4 is 11.1 Å². The van der Waals surface area contributed by atoms with Crippen LogP contribution >= 0.6 is 0 Å². The quantitative estimate of drug-likeness (QED) is 0.320. The molecule has 1 saturated heterocycles. The molecule has 2 aromatic carbocycles. The van der Waals surface area contributed by atoms with Crippen molar-refractivity contribution in [3.63, 3.8) is 0 Å². The van der Waals surface area contributed by atoms with Crippen molar-refractivity contribution < 1.29 is 9.90 Å². The number of anilines is 1. The van der Waals surface area contributed by atoms with E-state index < -0.39 is 5.60 Å². The van der Waals surface area contributed by atoms with Crippen LogP contribution in [0.3, 0.4) is 0 Å². The van der Waals surface area contributed by atoms with E-state index in [0.29, 0.717) is 43.0 Å². The highest BCUT2D eigenvalue weighted by Crippen LogP contribution is 2.39. The summed E-state index contributed by atoms with van der Waals surface area (Å²) in [4.78, 5) is 18.5. The number of amides is 1. The summed E-state index contributed by atoms with van der Waals surface area (Å²) < 4.78 is 3.61. The van der Waals surface area contributed by atoms with Crippen LogP contribution in [0.5, 0.6) is 0 Å². The van der Waals surface area contributed by atoms with Crippen LogP contribution in [-0.2, 0) is 16.9 Å². The molecule has 0 aliphatic carbocycles. The molecule has 6 rings (SSSR count). The molecule has 10 nitrogen and oxygen atoms in total. The first-order valence-corrected chi connectivity index (χ1v) is 12.7. The van der Waals surface area contributed by atoms with E-state index in [4.69, 9.17) is 10.8 Å². The summed E-state index contributed by atoms with van der Waals surface area (Å²) >= 11 is 0. The average molecular weight is 511 g/mol. The number of benzene rings is 2. The Balaban J connectivity index is 1.40. The van der Waals surface area contributed by atoms with Crippen molar-refractivity contribution in [3.05, 3.63) is 78.4 Å². The third-order valence-corrected chi connectivity index (χ3v) is 7.26. The molecular formula is C28H30N8O2. The van der Waals surface area contributed by atoms with Crippen molar-refractivity contribution in [3.8, 4) is 11.1 Å². The third-order valence-electron chi connectivity index (χ3n) is 7.26. The van der Waals surface area contributed by atoms with Gasteiger partial charge in [-0.05, 0) is 43.1 Å². The topological polar surface area (TPSA) is 127 Å². The van der Waals surface area contributed by atoms with Crippen LogP contribution in [0.25, 0.3) is 27.5 Å². The number of β-amino-alcohol motifs (C(OH)–C–C–N with tert-alkyl or cyclic N) is 1. The summed E-state index contributed by atoms with van der Waals surface area (Å²) in [5.41, 5.74) is 10.0. The van der Waals surface area contributed by atoms with Gasteiger partial charge in [-0.15, -0.1) is 0 Å². The van der Waals surface area contributed by atoms with Gasteiger partial charge in [-0.1, -0.05) is 42.5 Å². The lowest BCUT2D eigenvalue weighted by atomic mass is 9.89. The van der Waals surface area contributed by atoms with E-state index in [1.165, 1.54) is 11.9 Å². The van der Waals surface area contributed by atoms with E-state index in [2.05, 4.69) is 27.5 Å². The SMILES string of the molecule is CNCC(=O)N1CCCC(O)(c2cc(-c3ccc4cn(Cc5ccccc5)nc4c3)c3c(N)ncnn23)C1. The number of aliphatic hydroxyl groups is 1. The first-order chi connectivity index (χ1) is 18.4. The van der Waals surface area contributed by atoms with Crippen LogP contribution in [0.2, 0.25) is 0 Å². The number of hydrogen-bond donors (Lipinski definition) is 3. The minimum Gasteiger partial charge on any atom is -0.382 e. The predicted octanol–water partition coefficient (Wildman–Crippen LogP) is 2.41. The Morgan fingerprint density at radius 2 is 2.03 bits per heavy atom. The molecule has 1 amide bonds. The Labute approximate surface area is 219 Å². The maximum atomic E-state index is 12.6. The lowest BCUT2D eigenvalue weighted by molar-refractivity contribution is -0.138. The lowest BCUT2D eigenvalue weighted by Crippen LogP contribution is -2.50. The predicted molar refractivity (Wildman–Crippen MR) is 145 cm³/mol. The fraction of sp³-hybridized carbons (Fsp3) is 0.286. The zero-order chi connectivity index (χ0) is 26.3. The van der Waals surface area contributed by atoms with E-state index in [1.807, 2.05) is 53.3 Å². The number of likely N-dealkylation sites (tertiary alicyclic amines) is 1. The molecule has 0 saturated carbocycles. The van der Waals surface area contributed by atoms with Crippen molar-refractivity contribution in [2.75, 3.05) is 32.4 Å². The van der Waals surface area contributed by atoms with E-state index in [9.17, 15) is 9.90 Å². The van der Waals surface area contributed by atoms with Gasteiger partial charge >= 0.3 is 0 Å². The number of nitrogens with zero attached hydrogens (tertiary/aromatic N) is 6. The van der Waals surface area contributed by atoms with Crippen molar-refractivity contribution in [2.45, 2.75) is 25.0 Å². The summed E-state index contributed by atoms with van der Waals surface area (Å²) in [7, 11) is 1.74. The van der Waals surface area contributed by atoms with E-state index >= 15 is 0 Å². The molecule has 0 bridgehead atoms. The van der Waals surface area contributed by atoms with Gasteiger partial charge in [-0.3, -0.25) is 9.48 Å². The second-order valence-electron chi connectivity index (χ2n) is 9.92. The monoisotopic (exact) mass is 510 g/mol. The summed E-state index contributed by atoms with van der Waals surface area (Å²) in [5.74, 6) is 0.274. The van der Waals surface area contributed by atoms with E-state index in [0.717, 1.165) is 22.0 Å². The smallest absolute Gasteiger partial charge is 0.236 e. The molecule has 10 heteroatoms. The van der Waals surface area contributed by atoms with Crippen molar-refractivity contribution in [1.29, 1.82) is 0 Å². The fourth-order valence-electron chi connectivity index (χ4n) is 5.43. The van der Waals surface area contributed by atoms with Gasteiger partial charge in [-0.2, -0.15) is 10.2 Å². The third kappa shape index (κ3) is 4.27. The number of nitrogens with one attached hydrogen (secondary N) is 1. The molecule has 194 valence electrons. The number of nitrogens with two attached hydrogens (primary N) is 1. The van der Waals surface area contributed by atoms with Crippen molar-refractivity contribution in [1.82, 2.24) is 34.6 Å². The molecule has 1 atom stereocenters. The van der Waals surface area contributed by atoms with Crippen LogP contribution in [0.15, 0.2) is 67.1 Å². The molecule has 0 spiro atoms. The minimum absolute atomic E-state index is 0.0441. The first-order valence-electron chi connectivity index (χ1n) is 12.7. The van der Waals surface area contributed by atoms with Gasteiger partial charge in [0.1, 0.15) is 17.4 Å². The Bertz CT molecular complexity index is 1630. The number of carbonyl (C=O) groups is 1. The van der Waals surface area contributed by atoms with Gasteiger partial charge in [0.25, 0.3) is 0 Å². The van der Waals surface area contributed by atoms with Crippen LogP contribution in [-0.4, -0.2) is 67.0 Å². The highest BCUT2D eigenvalue weighted by molar-refractivity contribution is 5.92. The first kappa shape index (κ1) is 24.1. The summed E-state index contributed by atoms with van der Waals surface area (Å²) in [6.45, 7) is 1.70. The van der Waals surface area contributed by atoms with Gasteiger partial charge in [0, 0.05) is 23.7 Å². The van der Waals surface area contributed by atoms with Crippen molar-refractivity contribution >= 4 is 28.1 Å². The lowest BCUT2D eigenvalue weighted by Gasteiger charge is -2.39. The second-order valence-corrected chi connectivity index (χ2v) is 9.92. The Morgan fingerprint density at radius 3 is 2.84 bits per heavy atom. The average Bonchev–Trinajstić information content (AvgIpc) is 3.51. The standard InChI is InChI=1S/C28H30N8O2/c1-30-14-25(37)34-11-5-10-28(38,17-34)24-13-22(26-27(29)31-18-32-36(24)26)20-8-9-21-16-35(33-23(21)12-20)15-19-6-3-2-4-7-19/h2-4,6-9,12-13,16,18,30,38H,5,10-11,14-15,17H2,1H3,(H2,29,31,32). The van der Waals surface area contributed by atoms with Crippen LogP contribution in [0.4, 0.5) is 5.82 Å². The summed E-state index contributed by atoms with van der Waals surface area (Å²) in [6, 6.07) is 18.2. The van der Waals surface area contributed by atoms with Gasteiger partial charge in [0.05, 0.1) is 30.8 Å². The number of nitrogen functional groups attached to an aromatic ring is 1. The highest BCUT2D eigenvalue weighted by Gasteiger charge is 2.40. The maximum absolute atomic E-state index is 12.6. The highest BCUT2D eigenvalue weighted by atomic mass is 16.3. The molecule has 1 unspecified atom stereocenters. The van der Waals surface area contributed by atoms with Crippen LogP contribution in [0, 0.1) is 0 Å². The van der Waals surface area contributed by atoms with Gasteiger partial charge in [0.2, 0.25) is 5.91 Å². The molecule has 5 aromatic rings. The zero-order valence-electron chi connectivity index (χ0n) is 21.2. The van der Waals surface area contributed by atoms with Gasteiger partial charge < -0.3 is 21.1 Å². The second kappa shape index (κ2) is 9.55. The number of carbonyl (C=O) groups excluding carboxylic acids is 1. The molecular weight excluding hydrogens is 480 g/mol. The normalized spacial score (nSPS) is 17.9. The molecule has 1 aliphatic heterocycles. The van der Waals surface area contributed by atoms with Crippen molar-refractivity contribution in [2.24, 2.45) is 0 Å². The number of piperidine rings is 1. The number of fused-ring (bicyclic) bond motifs is 2. The summed E-state index contributed by atoms with van der Waals surface area (Å²) in [6.07, 6.45) is 4.61. The minimum atomic E-state index is -1.27. The molecule has 4 N–H and O–H groups in total. The number of hydrogen-bond acceptors (Lipinski definition) is 7. The molecule has 1 fully saturated rings. The van der Waals surface area contributed by atoms with E-state index in [1.54, 1.807) is 16.5 Å². The molecule has 4 heterocycles. The Morgan fingerprint density at radius 1 is 1.18 bits per heavy atom.